The molecule has 0 radical (unpaired) electrons. The van der Waals surface area contributed by atoms with E-state index in [2.05, 4.69) is 10.00 Å². The standard InChI is InChI=1S/C21H24N4O3/c1-14-7-6-10-19(25(14)27)21(26)22-18-11-15-13-24(16-8-4-3-5-9-16)23-17(15)12-20(18)28-2/h6-7,10-13,16H,3-5,8-9H2,1-2H3,(H-,22,26,27)/p+1. The van der Waals surface area contributed by atoms with Gasteiger partial charge in [-0.1, -0.05) is 19.3 Å². The number of nitrogens with zero attached hydrogens (tertiary/aromatic N) is 3. The molecule has 0 atom stereocenters. The lowest BCUT2D eigenvalue weighted by molar-refractivity contribution is -0.909. The van der Waals surface area contributed by atoms with Crippen LogP contribution in [0.5, 0.6) is 5.75 Å². The van der Waals surface area contributed by atoms with E-state index in [9.17, 15) is 10.0 Å². The van der Waals surface area contributed by atoms with Crippen LogP contribution in [0.25, 0.3) is 10.9 Å². The van der Waals surface area contributed by atoms with Gasteiger partial charge in [0.25, 0.3) is 0 Å². The predicted molar refractivity (Wildman–Crippen MR) is 105 cm³/mol. The molecular formula is C21H25N4O3+. The minimum Gasteiger partial charge on any atom is -0.494 e. The molecule has 2 N–H and O–H groups in total. The second-order valence-electron chi connectivity index (χ2n) is 7.33. The molecule has 146 valence electrons. The van der Waals surface area contributed by atoms with Crippen molar-refractivity contribution < 1.29 is 19.5 Å². The number of nitrogens with one attached hydrogen (secondary N) is 1. The molecule has 7 heteroatoms. The summed E-state index contributed by atoms with van der Waals surface area (Å²) in [6.45, 7) is 1.73. The van der Waals surface area contributed by atoms with Crippen molar-refractivity contribution >= 4 is 22.5 Å². The molecule has 1 aliphatic rings. The Balaban J connectivity index is 1.66. The molecular weight excluding hydrogens is 356 g/mol. The maximum absolute atomic E-state index is 12.7. The number of carbonyl (C=O) groups excluding carboxylic acids is 1. The molecule has 1 aromatic carbocycles. The molecule has 1 amide bonds. The highest BCUT2D eigenvalue weighted by atomic mass is 16.5. The highest BCUT2D eigenvalue weighted by Crippen LogP contribution is 2.33. The maximum atomic E-state index is 12.7. The number of methoxy groups -OCH3 is 1. The van der Waals surface area contributed by atoms with Crippen LogP contribution in [0.2, 0.25) is 0 Å². The van der Waals surface area contributed by atoms with Gasteiger partial charge in [-0.05, 0) is 25.0 Å². The largest absolute Gasteiger partial charge is 0.494 e. The molecule has 28 heavy (non-hydrogen) atoms. The number of fused-ring (bicyclic) bond motifs is 1. The number of ether oxygens (including phenoxy) is 1. The van der Waals surface area contributed by atoms with E-state index >= 15 is 0 Å². The van der Waals surface area contributed by atoms with Crippen molar-refractivity contribution in [3.63, 3.8) is 0 Å². The van der Waals surface area contributed by atoms with Gasteiger partial charge in [-0.2, -0.15) is 5.10 Å². The predicted octanol–water partition coefficient (Wildman–Crippen LogP) is 3.64. The number of hydrogen-bond acceptors (Lipinski definition) is 4. The summed E-state index contributed by atoms with van der Waals surface area (Å²) in [4.78, 5) is 12.7. The van der Waals surface area contributed by atoms with Crippen molar-refractivity contribution in [1.29, 1.82) is 0 Å². The highest BCUT2D eigenvalue weighted by molar-refractivity contribution is 6.04. The van der Waals surface area contributed by atoms with E-state index in [-0.39, 0.29) is 5.69 Å². The number of rotatable bonds is 4. The summed E-state index contributed by atoms with van der Waals surface area (Å²) in [7, 11) is 1.56. The molecule has 2 aromatic heterocycles. The Morgan fingerprint density at radius 1 is 1.29 bits per heavy atom. The number of amides is 1. The van der Waals surface area contributed by atoms with E-state index in [0.717, 1.165) is 28.5 Å². The summed E-state index contributed by atoms with van der Waals surface area (Å²) in [5.41, 5.74) is 2.11. The zero-order valence-corrected chi connectivity index (χ0v) is 16.2. The molecule has 0 saturated heterocycles. The second-order valence-corrected chi connectivity index (χ2v) is 7.33. The Hall–Kier alpha value is -3.09. The Kier molecular flexibility index (Phi) is 4.90. The molecule has 4 rings (SSSR count). The van der Waals surface area contributed by atoms with Crippen LogP contribution in [0.3, 0.4) is 0 Å². The van der Waals surface area contributed by atoms with Gasteiger partial charge in [-0.15, -0.1) is 0 Å². The minimum atomic E-state index is -0.413. The second kappa shape index (κ2) is 7.50. The molecule has 1 saturated carbocycles. The Morgan fingerprint density at radius 3 is 2.82 bits per heavy atom. The first-order valence-corrected chi connectivity index (χ1v) is 9.66. The number of benzene rings is 1. The van der Waals surface area contributed by atoms with Gasteiger partial charge in [-0.25, -0.2) is 0 Å². The topological polar surface area (TPSA) is 80.3 Å². The van der Waals surface area contributed by atoms with Gasteiger partial charge < -0.3 is 10.1 Å². The fraction of sp³-hybridized carbons (Fsp3) is 0.381. The smallest absolute Gasteiger partial charge is 0.325 e. The third-order valence-electron chi connectivity index (χ3n) is 5.43. The van der Waals surface area contributed by atoms with E-state index < -0.39 is 5.91 Å². The third kappa shape index (κ3) is 3.40. The van der Waals surface area contributed by atoms with Gasteiger partial charge in [0.1, 0.15) is 5.75 Å². The first-order valence-electron chi connectivity index (χ1n) is 9.66. The lowest BCUT2D eigenvalue weighted by atomic mass is 9.96. The lowest BCUT2D eigenvalue weighted by Crippen LogP contribution is -2.42. The Bertz CT molecular complexity index is 1020. The maximum Gasteiger partial charge on any atom is 0.325 e. The van der Waals surface area contributed by atoms with Crippen molar-refractivity contribution in [1.82, 2.24) is 9.78 Å². The summed E-state index contributed by atoms with van der Waals surface area (Å²) >= 11 is 0. The van der Waals surface area contributed by atoms with Crippen molar-refractivity contribution in [2.24, 2.45) is 0 Å². The van der Waals surface area contributed by atoms with Crippen molar-refractivity contribution in [2.75, 3.05) is 12.4 Å². The number of aryl methyl sites for hydroxylation is 1. The zero-order chi connectivity index (χ0) is 19.7. The van der Waals surface area contributed by atoms with Crippen molar-refractivity contribution in [2.45, 2.75) is 45.1 Å². The van der Waals surface area contributed by atoms with Gasteiger partial charge in [0.15, 0.2) is 0 Å². The van der Waals surface area contributed by atoms with Crippen LogP contribution in [0.1, 0.15) is 54.3 Å². The van der Waals surface area contributed by atoms with Crippen molar-refractivity contribution in [3.8, 4) is 5.75 Å². The molecule has 0 aliphatic heterocycles. The SMILES string of the molecule is COc1cc2nn(C3CCCCC3)cc2cc1NC(=O)c1cccc(C)[n+]1O. The number of anilines is 1. The quantitative estimate of drug-likeness (QED) is 0.534. The summed E-state index contributed by atoms with van der Waals surface area (Å²) in [6, 6.07) is 9.16. The molecule has 0 unspecified atom stereocenters. The van der Waals surface area contributed by atoms with Crippen LogP contribution < -0.4 is 14.8 Å². The molecule has 3 aromatic rings. The first-order chi connectivity index (χ1) is 13.6. The number of aromatic nitrogens is 3. The van der Waals surface area contributed by atoms with E-state index in [1.807, 2.05) is 18.3 Å². The van der Waals surface area contributed by atoms with Crippen LogP contribution in [-0.4, -0.2) is 28.0 Å². The third-order valence-corrected chi connectivity index (χ3v) is 5.43. The van der Waals surface area contributed by atoms with Gasteiger partial charge in [0.05, 0.1) is 24.4 Å². The zero-order valence-electron chi connectivity index (χ0n) is 16.2. The highest BCUT2D eigenvalue weighted by Gasteiger charge is 2.23. The molecule has 2 heterocycles. The Labute approximate surface area is 163 Å². The molecule has 1 aliphatic carbocycles. The fourth-order valence-electron chi connectivity index (χ4n) is 3.84. The van der Waals surface area contributed by atoms with Crippen LogP contribution >= 0.6 is 0 Å². The van der Waals surface area contributed by atoms with Crippen LogP contribution in [-0.2, 0) is 0 Å². The first kappa shape index (κ1) is 18.3. The minimum absolute atomic E-state index is 0.153. The molecule has 0 bridgehead atoms. The average Bonchev–Trinajstić information content (AvgIpc) is 3.13. The van der Waals surface area contributed by atoms with E-state index in [1.165, 1.54) is 19.3 Å². The van der Waals surface area contributed by atoms with E-state index in [1.54, 1.807) is 32.2 Å². The molecule has 1 fully saturated rings. The summed E-state index contributed by atoms with van der Waals surface area (Å²) in [5.74, 6) is 0.121. The van der Waals surface area contributed by atoms with Crippen LogP contribution in [0.15, 0.2) is 36.5 Å². The van der Waals surface area contributed by atoms with Crippen LogP contribution in [0, 0.1) is 6.92 Å². The fourth-order valence-corrected chi connectivity index (χ4v) is 3.84. The summed E-state index contributed by atoms with van der Waals surface area (Å²) in [5, 5.41) is 18.6. The normalized spacial score (nSPS) is 14.9. The molecule has 7 nitrogen and oxygen atoms in total. The van der Waals surface area contributed by atoms with Gasteiger partial charge >= 0.3 is 11.6 Å². The molecule has 0 spiro atoms. The Morgan fingerprint density at radius 2 is 2.07 bits per heavy atom. The van der Waals surface area contributed by atoms with Gasteiger partial charge in [0, 0.05) is 41.4 Å². The number of carbonyl (C=O) groups is 1. The van der Waals surface area contributed by atoms with E-state index in [0.29, 0.717) is 23.2 Å². The summed E-state index contributed by atoms with van der Waals surface area (Å²) in [6.07, 6.45) is 8.12. The number of hydrogen-bond donors (Lipinski definition) is 2. The monoisotopic (exact) mass is 381 g/mol. The van der Waals surface area contributed by atoms with E-state index in [4.69, 9.17) is 9.84 Å². The summed E-state index contributed by atoms with van der Waals surface area (Å²) < 4.78 is 8.39. The lowest BCUT2D eigenvalue weighted by Gasteiger charge is -2.21. The number of pyridine rings is 1. The van der Waals surface area contributed by atoms with Crippen molar-refractivity contribution in [3.05, 3.63) is 47.9 Å². The average molecular weight is 381 g/mol. The van der Waals surface area contributed by atoms with Gasteiger partial charge in [0.2, 0.25) is 5.69 Å². The van der Waals surface area contributed by atoms with Crippen LogP contribution in [0.4, 0.5) is 5.69 Å². The van der Waals surface area contributed by atoms with Gasteiger partial charge in [-0.3, -0.25) is 14.7 Å².